The van der Waals surface area contributed by atoms with Crippen molar-refractivity contribution in [2.75, 3.05) is 0 Å². The molecule has 0 spiro atoms. The van der Waals surface area contributed by atoms with E-state index >= 15 is 0 Å². The highest BCUT2D eigenvalue weighted by molar-refractivity contribution is 5.75. The molecule has 15 heavy (non-hydrogen) atoms. The Kier molecular flexibility index (Phi) is 4.80. The molecule has 4 nitrogen and oxygen atoms in total. The topological polar surface area (TPSA) is 64.4 Å². The molecule has 0 saturated carbocycles. The van der Waals surface area contributed by atoms with Gasteiger partial charge in [0.1, 0.15) is 0 Å². The first-order valence-electron chi connectivity index (χ1n) is 4.88. The van der Waals surface area contributed by atoms with Gasteiger partial charge in [0.15, 0.2) is 0 Å². The molecule has 1 rings (SSSR count). The van der Waals surface area contributed by atoms with Crippen LogP contribution in [0.3, 0.4) is 0 Å². The van der Waals surface area contributed by atoms with E-state index in [4.69, 9.17) is 10.6 Å². The zero-order chi connectivity index (χ0) is 11.1. The van der Waals surface area contributed by atoms with Gasteiger partial charge in [-0.3, -0.25) is 9.63 Å². The smallest absolute Gasteiger partial charge is 0.245 e. The summed E-state index contributed by atoms with van der Waals surface area (Å²) in [5.74, 6) is -0.194. The zero-order valence-electron chi connectivity index (χ0n) is 8.77. The molecule has 0 heterocycles. The van der Waals surface area contributed by atoms with Crippen LogP contribution in [0, 0.1) is 0 Å². The first-order valence-corrected chi connectivity index (χ1v) is 4.88. The van der Waals surface area contributed by atoms with Crippen molar-refractivity contribution in [3.05, 3.63) is 35.9 Å². The molecule has 0 aliphatic rings. The number of hydrogen-bond donors (Lipinski definition) is 2. The number of nitrogens with two attached hydrogens (primary N) is 1. The van der Waals surface area contributed by atoms with E-state index in [1.165, 1.54) is 0 Å². The summed E-state index contributed by atoms with van der Waals surface area (Å²) in [5.41, 5.74) is 8.82. The number of benzene rings is 1. The van der Waals surface area contributed by atoms with Gasteiger partial charge in [0.25, 0.3) is 0 Å². The summed E-state index contributed by atoms with van der Waals surface area (Å²) in [6.07, 6.45) is 0.273. The van der Waals surface area contributed by atoms with Crippen LogP contribution in [0.2, 0.25) is 0 Å². The summed E-state index contributed by atoms with van der Waals surface area (Å²) in [4.78, 5) is 16.2. The lowest BCUT2D eigenvalue weighted by atomic mass is 10.2. The number of carbonyl (C=O) groups excluding carboxylic acids is 1. The molecule has 82 valence electrons. The van der Waals surface area contributed by atoms with Crippen LogP contribution in [0.4, 0.5) is 0 Å². The summed E-state index contributed by atoms with van der Waals surface area (Å²) in [6, 6.07) is 9.48. The van der Waals surface area contributed by atoms with E-state index in [0.29, 0.717) is 6.61 Å². The highest BCUT2D eigenvalue weighted by Gasteiger charge is 2.04. The van der Waals surface area contributed by atoms with Gasteiger partial charge in [-0.05, 0) is 12.5 Å². The molecule has 1 aromatic carbocycles. The van der Waals surface area contributed by atoms with E-state index in [1.807, 2.05) is 30.3 Å². The molecule has 1 unspecified atom stereocenters. The maximum atomic E-state index is 11.1. The standard InChI is InChI=1S/C11H16N2O2/c1-9(12)7-11(14)13-15-8-10-5-3-2-4-6-10/h2-6,9H,7-8,12H2,1H3,(H,13,14). The van der Waals surface area contributed by atoms with Crippen molar-refractivity contribution in [1.29, 1.82) is 0 Å². The van der Waals surface area contributed by atoms with Gasteiger partial charge in [-0.1, -0.05) is 30.3 Å². The van der Waals surface area contributed by atoms with Crippen LogP contribution < -0.4 is 11.2 Å². The van der Waals surface area contributed by atoms with E-state index in [-0.39, 0.29) is 18.4 Å². The van der Waals surface area contributed by atoms with Crippen LogP contribution in [0.1, 0.15) is 18.9 Å². The molecular formula is C11H16N2O2. The largest absolute Gasteiger partial charge is 0.327 e. The van der Waals surface area contributed by atoms with Gasteiger partial charge in [-0.2, -0.15) is 0 Å². The third kappa shape index (κ3) is 5.15. The van der Waals surface area contributed by atoms with Crippen LogP contribution in [0.25, 0.3) is 0 Å². The number of carbonyl (C=O) groups is 1. The minimum Gasteiger partial charge on any atom is -0.327 e. The summed E-state index contributed by atoms with van der Waals surface area (Å²) in [5, 5.41) is 0. The average Bonchev–Trinajstić information content (AvgIpc) is 2.18. The Morgan fingerprint density at radius 1 is 1.47 bits per heavy atom. The molecule has 0 aliphatic heterocycles. The maximum absolute atomic E-state index is 11.1. The second-order valence-corrected chi connectivity index (χ2v) is 3.48. The van der Waals surface area contributed by atoms with Gasteiger partial charge in [0, 0.05) is 12.5 Å². The molecule has 4 heteroatoms. The van der Waals surface area contributed by atoms with Crippen molar-refractivity contribution in [1.82, 2.24) is 5.48 Å². The SMILES string of the molecule is CC(N)CC(=O)NOCc1ccccc1. The van der Waals surface area contributed by atoms with E-state index in [0.717, 1.165) is 5.56 Å². The fourth-order valence-electron chi connectivity index (χ4n) is 1.11. The summed E-state index contributed by atoms with van der Waals surface area (Å²) in [7, 11) is 0. The zero-order valence-corrected chi connectivity index (χ0v) is 8.77. The average molecular weight is 208 g/mol. The summed E-state index contributed by atoms with van der Waals surface area (Å²) >= 11 is 0. The quantitative estimate of drug-likeness (QED) is 0.709. The van der Waals surface area contributed by atoms with Gasteiger partial charge in [-0.25, -0.2) is 5.48 Å². The Bertz CT molecular complexity index is 299. The van der Waals surface area contributed by atoms with E-state index in [1.54, 1.807) is 6.92 Å². The Morgan fingerprint density at radius 3 is 2.73 bits per heavy atom. The third-order valence-electron chi connectivity index (χ3n) is 1.78. The highest BCUT2D eigenvalue weighted by atomic mass is 16.6. The van der Waals surface area contributed by atoms with Crippen molar-refractivity contribution in [2.45, 2.75) is 26.0 Å². The van der Waals surface area contributed by atoms with Crippen LogP contribution >= 0.6 is 0 Å². The van der Waals surface area contributed by atoms with Gasteiger partial charge < -0.3 is 5.73 Å². The predicted molar refractivity (Wildman–Crippen MR) is 57.6 cm³/mol. The highest BCUT2D eigenvalue weighted by Crippen LogP contribution is 1.99. The second kappa shape index (κ2) is 6.16. The van der Waals surface area contributed by atoms with Gasteiger partial charge in [-0.15, -0.1) is 0 Å². The lowest BCUT2D eigenvalue weighted by Gasteiger charge is -2.07. The fourth-order valence-corrected chi connectivity index (χ4v) is 1.11. The molecule has 1 aromatic rings. The van der Waals surface area contributed by atoms with Gasteiger partial charge in [0.2, 0.25) is 5.91 Å². The summed E-state index contributed by atoms with van der Waals surface area (Å²) < 4.78 is 0. The lowest BCUT2D eigenvalue weighted by molar-refractivity contribution is -0.134. The first-order chi connectivity index (χ1) is 7.18. The molecule has 0 aromatic heterocycles. The minimum absolute atomic E-state index is 0.148. The molecule has 0 saturated heterocycles. The molecule has 0 aliphatic carbocycles. The van der Waals surface area contributed by atoms with Crippen molar-refractivity contribution >= 4 is 5.91 Å². The Morgan fingerprint density at radius 2 is 2.13 bits per heavy atom. The second-order valence-electron chi connectivity index (χ2n) is 3.48. The summed E-state index contributed by atoms with van der Waals surface area (Å²) in [6.45, 7) is 2.14. The van der Waals surface area contributed by atoms with Crippen LogP contribution in [0.5, 0.6) is 0 Å². The Labute approximate surface area is 89.4 Å². The third-order valence-corrected chi connectivity index (χ3v) is 1.78. The molecule has 0 bridgehead atoms. The van der Waals surface area contributed by atoms with Gasteiger partial charge >= 0.3 is 0 Å². The fraction of sp³-hybridized carbons (Fsp3) is 0.364. The first kappa shape index (κ1) is 11.7. The number of hydroxylamine groups is 1. The molecule has 3 N–H and O–H groups in total. The molecule has 1 atom stereocenters. The lowest BCUT2D eigenvalue weighted by Crippen LogP contribution is -2.29. The molecule has 0 radical (unpaired) electrons. The molecular weight excluding hydrogens is 192 g/mol. The number of amides is 1. The van der Waals surface area contributed by atoms with Crippen molar-refractivity contribution in [3.63, 3.8) is 0 Å². The molecule has 1 amide bonds. The van der Waals surface area contributed by atoms with E-state index in [9.17, 15) is 4.79 Å². The Balaban J connectivity index is 2.19. The van der Waals surface area contributed by atoms with Gasteiger partial charge in [0.05, 0.1) is 6.61 Å². The van der Waals surface area contributed by atoms with Crippen molar-refractivity contribution in [3.8, 4) is 0 Å². The molecule has 0 fully saturated rings. The van der Waals surface area contributed by atoms with E-state index in [2.05, 4.69) is 5.48 Å². The maximum Gasteiger partial charge on any atom is 0.245 e. The number of hydrogen-bond acceptors (Lipinski definition) is 3. The van der Waals surface area contributed by atoms with E-state index < -0.39 is 0 Å². The monoisotopic (exact) mass is 208 g/mol. The predicted octanol–water partition coefficient (Wildman–Crippen LogP) is 0.972. The Hall–Kier alpha value is -1.39. The van der Waals surface area contributed by atoms with Crippen LogP contribution in [0.15, 0.2) is 30.3 Å². The van der Waals surface area contributed by atoms with Crippen molar-refractivity contribution < 1.29 is 9.63 Å². The number of rotatable bonds is 5. The van der Waals surface area contributed by atoms with Crippen LogP contribution in [-0.4, -0.2) is 11.9 Å². The van der Waals surface area contributed by atoms with Crippen LogP contribution in [-0.2, 0) is 16.2 Å². The van der Waals surface area contributed by atoms with Crippen molar-refractivity contribution in [2.24, 2.45) is 5.73 Å². The minimum atomic E-state index is -0.194. The number of nitrogens with one attached hydrogen (secondary N) is 1. The normalized spacial score (nSPS) is 12.1.